The van der Waals surface area contributed by atoms with Crippen molar-refractivity contribution in [3.05, 3.63) is 30.3 Å². The first kappa shape index (κ1) is 15.8. The third kappa shape index (κ3) is 2.25. The number of esters is 1. The highest BCUT2D eigenvalue weighted by Gasteiger charge is 2.68. The molecule has 1 N–H and O–H groups in total. The molecule has 1 aromatic rings. The standard InChI is InChI=1S/C15H18ClNO4S/c1-21-14(18)15(16)11-8-5-9-12(15)13(11)17-22(19,20)10-6-3-2-4-7-10/h2-4,6-7,11-13,17H,5,8-9H2,1H3. The molecule has 0 heterocycles. The Morgan fingerprint density at radius 3 is 2.41 bits per heavy atom. The van der Waals surface area contributed by atoms with Crippen molar-refractivity contribution < 1.29 is 17.9 Å². The molecule has 0 spiro atoms. The molecule has 120 valence electrons. The van der Waals surface area contributed by atoms with Gasteiger partial charge in [-0.25, -0.2) is 13.1 Å². The first-order valence-corrected chi connectivity index (χ1v) is 9.12. The Kier molecular flexibility index (Phi) is 3.95. The smallest absolute Gasteiger partial charge is 0.327 e. The molecule has 0 radical (unpaired) electrons. The van der Waals surface area contributed by atoms with E-state index >= 15 is 0 Å². The van der Waals surface area contributed by atoms with E-state index in [2.05, 4.69) is 4.72 Å². The second kappa shape index (κ2) is 5.51. The van der Waals surface area contributed by atoms with Crippen molar-refractivity contribution in [3.63, 3.8) is 0 Å². The van der Waals surface area contributed by atoms with E-state index in [1.54, 1.807) is 30.3 Å². The number of hydrogen-bond acceptors (Lipinski definition) is 4. The van der Waals surface area contributed by atoms with E-state index in [0.29, 0.717) is 0 Å². The Morgan fingerprint density at radius 2 is 1.86 bits per heavy atom. The van der Waals surface area contributed by atoms with Gasteiger partial charge in [0.25, 0.3) is 0 Å². The molecule has 0 saturated heterocycles. The average Bonchev–Trinajstić information content (AvgIpc) is 2.55. The van der Waals surface area contributed by atoms with Crippen molar-refractivity contribution in [2.24, 2.45) is 11.8 Å². The van der Waals surface area contributed by atoms with Gasteiger partial charge in [0, 0.05) is 17.9 Å². The summed E-state index contributed by atoms with van der Waals surface area (Å²) in [4.78, 5) is 11.1. The van der Waals surface area contributed by atoms with Gasteiger partial charge in [-0.2, -0.15) is 0 Å². The van der Waals surface area contributed by atoms with Gasteiger partial charge in [0.1, 0.15) is 0 Å². The lowest BCUT2D eigenvalue weighted by atomic mass is 9.53. The van der Waals surface area contributed by atoms with E-state index in [-0.39, 0.29) is 22.8 Å². The molecular weight excluding hydrogens is 326 g/mol. The molecule has 2 bridgehead atoms. The molecule has 0 aliphatic heterocycles. The fraction of sp³-hybridized carbons (Fsp3) is 0.533. The molecule has 0 amide bonds. The van der Waals surface area contributed by atoms with Crippen molar-refractivity contribution >= 4 is 27.6 Å². The van der Waals surface area contributed by atoms with Crippen LogP contribution >= 0.6 is 11.6 Å². The van der Waals surface area contributed by atoms with E-state index in [9.17, 15) is 13.2 Å². The lowest BCUT2D eigenvalue weighted by Crippen LogP contribution is -2.73. The molecule has 22 heavy (non-hydrogen) atoms. The first-order valence-electron chi connectivity index (χ1n) is 7.26. The van der Waals surface area contributed by atoms with E-state index in [0.717, 1.165) is 19.3 Å². The zero-order valence-electron chi connectivity index (χ0n) is 12.2. The normalized spacial score (nSPS) is 33.8. The Bertz CT molecular complexity index is 664. The molecule has 2 atom stereocenters. The third-order valence-corrected chi connectivity index (χ3v) is 7.01. The van der Waals surface area contributed by atoms with Crippen LogP contribution in [-0.2, 0) is 19.6 Å². The lowest BCUT2D eigenvalue weighted by molar-refractivity contribution is -0.158. The van der Waals surface area contributed by atoms with Crippen LogP contribution in [0.4, 0.5) is 0 Å². The van der Waals surface area contributed by atoms with Crippen molar-refractivity contribution in [3.8, 4) is 0 Å². The summed E-state index contributed by atoms with van der Waals surface area (Å²) in [6.07, 6.45) is 2.39. The number of halogens is 1. The van der Waals surface area contributed by atoms with Crippen LogP contribution in [0.3, 0.4) is 0 Å². The molecule has 2 saturated carbocycles. The van der Waals surface area contributed by atoms with Gasteiger partial charge in [-0.3, -0.25) is 4.79 Å². The van der Waals surface area contributed by atoms with E-state index in [1.165, 1.54) is 7.11 Å². The maximum atomic E-state index is 12.4. The molecule has 7 heteroatoms. The number of hydrogen-bond donors (Lipinski definition) is 1. The van der Waals surface area contributed by atoms with Crippen LogP contribution in [0.1, 0.15) is 19.3 Å². The monoisotopic (exact) mass is 343 g/mol. The number of fused-ring (bicyclic) bond motifs is 2. The molecule has 2 aliphatic carbocycles. The highest BCUT2D eigenvalue weighted by molar-refractivity contribution is 7.89. The van der Waals surface area contributed by atoms with E-state index < -0.39 is 20.9 Å². The van der Waals surface area contributed by atoms with Crippen LogP contribution in [0.25, 0.3) is 0 Å². The minimum atomic E-state index is -3.61. The van der Waals surface area contributed by atoms with Crippen LogP contribution < -0.4 is 4.72 Å². The van der Waals surface area contributed by atoms with Crippen molar-refractivity contribution in [2.75, 3.05) is 7.11 Å². The van der Waals surface area contributed by atoms with Gasteiger partial charge < -0.3 is 4.74 Å². The van der Waals surface area contributed by atoms with Gasteiger partial charge in [-0.05, 0) is 25.0 Å². The lowest BCUT2D eigenvalue weighted by Gasteiger charge is -2.59. The number of ether oxygens (including phenoxy) is 1. The van der Waals surface area contributed by atoms with Crippen LogP contribution in [0.5, 0.6) is 0 Å². The number of rotatable bonds is 4. The number of carbonyl (C=O) groups is 1. The fourth-order valence-electron chi connectivity index (χ4n) is 3.77. The first-order chi connectivity index (χ1) is 10.4. The van der Waals surface area contributed by atoms with Gasteiger partial charge in [-0.15, -0.1) is 11.6 Å². The summed E-state index contributed by atoms with van der Waals surface area (Å²) in [5.74, 6) is -0.906. The minimum absolute atomic E-state index is 0.221. The number of carbonyl (C=O) groups excluding carboxylic acids is 1. The quantitative estimate of drug-likeness (QED) is 0.669. The van der Waals surface area contributed by atoms with Gasteiger partial charge in [-0.1, -0.05) is 24.6 Å². The highest BCUT2D eigenvalue weighted by Crippen LogP contribution is 2.58. The third-order valence-electron chi connectivity index (χ3n) is 4.82. The van der Waals surface area contributed by atoms with Crippen LogP contribution in [0.15, 0.2) is 35.2 Å². The summed E-state index contributed by atoms with van der Waals surface area (Å²) >= 11 is 6.49. The maximum Gasteiger partial charge on any atom is 0.327 e. The van der Waals surface area contributed by atoms with Gasteiger partial charge >= 0.3 is 5.97 Å². The number of nitrogens with one attached hydrogen (secondary N) is 1. The summed E-state index contributed by atoms with van der Waals surface area (Å²) < 4.78 is 32.4. The van der Waals surface area contributed by atoms with Crippen LogP contribution in [0, 0.1) is 11.8 Å². The number of alkyl halides is 1. The number of sulfonamides is 1. The predicted molar refractivity (Wildman–Crippen MR) is 82.0 cm³/mol. The molecule has 2 fully saturated rings. The number of benzene rings is 1. The Hall–Kier alpha value is -1.11. The molecule has 1 aromatic carbocycles. The molecule has 2 unspecified atom stereocenters. The SMILES string of the molecule is COC(=O)C1(Cl)C2CCCC1C2NS(=O)(=O)c1ccccc1. The Labute approximate surface area is 135 Å². The summed E-state index contributed by atoms with van der Waals surface area (Å²) in [5, 5.41) is 0. The van der Waals surface area contributed by atoms with E-state index in [1.807, 2.05) is 0 Å². The topological polar surface area (TPSA) is 72.5 Å². The van der Waals surface area contributed by atoms with Crippen molar-refractivity contribution in [1.82, 2.24) is 4.72 Å². The molecule has 2 aliphatic rings. The average molecular weight is 344 g/mol. The largest absolute Gasteiger partial charge is 0.468 e. The van der Waals surface area contributed by atoms with Gasteiger partial charge in [0.05, 0.1) is 12.0 Å². The Balaban J connectivity index is 1.82. The zero-order chi connectivity index (χ0) is 16.0. The number of methoxy groups -OCH3 is 1. The Morgan fingerprint density at radius 1 is 1.27 bits per heavy atom. The summed E-state index contributed by atoms with van der Waals surface area (Å²) in [6, 6.07) is 7.90. The summed E-state index contributed by atoms with van der Waals surface area (Å²) in [5.41, 5.74) is 0. The molecule has 3 rings (SSSR count). The fourth-order valence-corrected chi connectivity index (χ4v) is 5.67. The van der Waals surface area contributed by atoms with Gasteiger partial charge in [0.2, 0.25) is 10.0 Å². The maximum absolute atomic E-state index is 12.4. The second-order valence-corrected chi connectivity index (χ2v) is 8.20. The molecular formula is C15H18ClNO4S. The molecule has 0 aromatic heterocycles. The van der Waals surface area contributed by atoms with E-state index in [4.69, 9.17) is 16.3 Å². The highest BCUT2D eigenvalue weighted by atomic mass is 35.5. The zero-order valence-corrected chi connectivity index (χ0v) is 13.7. The van der Waals surface area contributed by atoms with Crippen LogP contribution in [0.2, 0.25) is 0 Å². The van der Waals surface area contributed by atoms with Crippen molar-refractivity contribution in [1.29, 1.82) is 0 Å². The predicted octanol–water partition coefficient (Wildman–Crippen LogP) is 1.91. The van der Waals surface area contributed by atoms with Crippen LogP contribution in [-0.4, -0.2) is 32.4 Å². The van der Waals surface area contributed by atoms with Gasteiger partial charge in [0.15, 0.2) is 4.87 Å². The van der Waals surface area contributed by atoms with Crippen molar-refractivity contribution in [2.45, 2.75) is 35.1 Å². The minimum Gasteiger partial charge on any atom is -0.468 e. The summed E-state index contributed by atoms with van der Waals surface area (Å²) in [6.45, 7) is 0. The molecule has 5 nitrogen and oxygen atoms in total. The summed E-state index contributed by atoms with van der Waals surface area (Å²) in [7, 11) is -2.30. The second-order valence-electron chi connectivity index (χ2n) is 5.86.